The first-order valence-electron chi connectivity index (χ1n) is 6.12. The largest absolute Gasteiger partial charge is 0.497 e. The van der Waals surface area contributed by atoms with Gasteiger partial charge in [-0.05, 0) is 43.3 Å². The molecule has 0 aliphatic carbocycles. The molecule has 1 heterocycles. The van der Waals surface area contributed by atoms with Gasteiger partial charge in [0, 0.05) is 23.9 Å². The van der Waals surface area contributed by atoms with Gasteiger partial charge in [0.15, 0.2) is 5.78 Å². The molecule has 0 aliphatic rings. The smallest absolute Gasteiger partial charge is 0.185 e. The lowest BCUT2D eigenvalue weighted by Crippen LogP contribution is -1.94. The van der Waals surface area contributed by atoms with Gasteiger partial charge in [-0.25, -0.2) is 0 Å². The van der Waals surface area contributed by atoms with E-state index in [0.717, 1.165) is 17.9 Å². The van der Waals surface area contributed by atoms with Crippen molar-refractivity contribution in [2.45, 2.75) is 13.5 Å². The van der Waals surface area contributed by atoms with Crippen LogP contribution in [-0.4, -0.2) is 22.7 Å². The number of carbonyl (C=O) groups excluding carboxylic acids is 1. The molecule has 0 aliphatic heterocycles. The molecule has 1 aromatic heterocycles. The van der Waals surface area contributed by atoms with E-state index in [2.05, 4.69) is 5.10 Å². The summed E-state index contributed by atoms with van der Waals surface area (Å²) >= 11 is 0. The van der Waals surface area contributed by atoms with Gasteiger partial charge in [0.05, 0.1) is 13.3 Å². The summed E-state index contributed by atoms with van der Waals surface area (Å²) in [6.45, 7) is 2.84. The zero-order valence-corrected chi connectivity index (χ0v) is 11.0. The van der Waals surface area contributed by atoms with E-state index in [1.807, 2.05) is 17.8 Å². The fourth-order valence-corrected chi connectivity index (χ4v) is 1.66. The highest BCUT2D eigenvalue weighted by molar-refractivity contribution is 6.06. The number of allylic oxidation sites excluding steroid dienone is 1. The van der Waals surface area contributed by atoms with Crippen molar-refractivity contribution < 1.29 is 9.53 Å². The Balaban J connectivity index is 2.07. The minimum Gasteiger partial charge on any atom is -0.497 e. The third kappa shape index (κ3) is 3.31. The van der Waals surface area contributed by atoms with Crippen LogP contribution >= 0.6 is 0 Å². The van der Waals surface area contributed by atoms with Gasteiger partial charge in [0.1, 0.15) is 5.75 Å². The Labute approximate surface area is 112 Å². The van der Waals surface area contributed by atoms with Crippen molar-refractivity contribution in [2.24, 2.45) is 0 Å². The SMILES string of the molecule is CCn1cc(/C=C/C(=O)c2ccc(OC)cc2)cn1. The van der Waals surface area contributed by atoms with Gasteiger partial charge in [0.2, 0.25) is 0 Å². The Morgan fingerprint density at radius 1 is 1.37 bits per heavy atom. The average Bonchev–Trinajstić information content (AvgIpc) is 2.93. The highest BCUT2D eigenvalue weighted by atomic mass is 16.5. The Morgan fingerprint density at radius 2 is 2.11 bits per heavy atom. The highest BCUT2D eigenvalue weighted by Crippen LogP contribution is 2.12. The van der Waals surface area contributed by atoms with Crippen LogP contribution in [0.25, 0.3) is 6.08 Å². The number of aromatic nitrogens is 2. The maximum atomic E-state index is 11.9. The topological polar surface area (TPSA) is 44.1 Å². The molecule has 4 heteroatoms. The molecule has 19 heavy (non-hydrogen) atoms. The maximum absolute atomic E-state index is 11.9. The van der Waals surface area contributed by atoms with E-state index in [0.29, 0.717) is 5.56 Å². The van der Waals surface area contributed by atoms with Crippen molar-refractivity contribution in [1.82, 2.24) is 9.78 Å². The van der Waals surface area contributed by atoms with Crippen LogP contribution in [0.4, 0.5) is 0 Å². The fraction of sp³-hybridized carbons (Fsp3) is 0.200. The summed E-state index contributed by atoms with van der Waals surface area (Å²) in [5, 5.41) is 4.15. The molecule has 2 aromatic rings. The average molecular weight is 256 g/mol. The van der Waals surface area contributed by atoms with Gasteiger partial charge in [0.25, 0.3) is 0 Å². The predicted octanol–water partition coefficient (Wildman–Crippen LogP) is 2.81. The van der Waals surface area contributed by atoms with E-state index in [1.165, 1.54) is 0 Å². The normalized spacial score (nSPS) is 10.8. The molecular weight excluding hydrogens is 240 g/mol. The van der Waals surface area contributed by atoms with Crippen LogP contribution in [-0.2, 0) is 6.54 Å². The number of aryl methyl sites for hydroxylation is 1. The van der Waals surface area contributed by atoms with E-state index < -0.39 is 0 Å². The second kappa shape index (κ2) is 6.00. The number of ketones is 1. The number of carbonyl (C=O) groups is 1. The molecule has 0 radical (unpaired) electrons. The summed E-state index contributed by atoms with van der Waals surface area (Å²) in [6, 6.07) is 7.05. The summed E-state index contributed by atoms with van der Waals surface area (Å²) in [5.41, 5.74) is 1.56. The molecule has 0 saturated carbocycles. The van der Waals surface area contributed by atoms with Crippen molar-refractivity contribution in [3.63, 3.8) is 0 Å². The Hall–Kier alpha value is -2.36. The number of hydrogen-bond acceptors (Lipinski definition) is 3. The first kappa shape index (κ1) is 13.1. The van der Waals surface area contributed by atoms with Crippen LogP contribution < -0.4 is 4.74 Å². The number of methoxy groups -OCH3 is 1. The zero-order chi connectivity index (χ0) is 13.7. The molecule has 98 valence electrons. The Morgan fingerprint density at radius 3 is 2.68 bits per heavy atom. The number of nitrogens with zero attached hydrogens (tertiary/aromatic N) is 2. The van der Waals surface area contributed by atoms with Crippen LogP contribution in [0.3, 0.4) is 0 Å². The van der Waals surface area contributed by atoms with Crippen molar-refractivity contribution in [2.75, 3.05) is 7.11 Å². The van der Waals surface area contributed by atoms with E-state index in [1.54, 1.807) is 49.7 Å². The molecule has 0 bridgehead atoms. The summed E-state index contributed by atoms with van der Waals surface area (Å²) in [5.74, 6) is 0.705. The molecule has 0 unspecified atom stereocenters. The number of ether oxygens (including phenoxy) is 1. The van der Waals surface area contributed by atoms with Gasteiger partial charge in [-0.1, -0.05) is 0 Å². The predicted molar refractivity (Wildman–Crippen MR) is 74.3 cm³/mol. The second-order valence-corrected chi connectivity index (χ2v) is 4.06. The summed E-state index contributed by atoms with van der Waals surface area (Å²) < 4.78 is 6.87. The quantitative estimate of drug-likeness (QED) is 0.610. The van der Waals surface area contributed by atoms with Crippen molar-refractivity contribution in [1.29, 1.82) is 0 Å². The molecule has 0 amide bonds. The molecule has 2 rings (SSSR count). The maximum Gasteiger partial charge on any atom is 0.185 e. The van der Waals surface area contributed by atoms with Gasteiger partial charge in [-0.2, -0.15) is 5.10 Å². The first-order chi connectivity index (χ1) is 9.22. The van der Waals surface area contributed by atoms with E-state index >= 15 is 0 Å². The lowest BCUT2D eigenvalue weighted by molar-refractivity contribution is 0.104. The zero-order valence-electron chi connectivity index (χ0n) is 11.0. The molecule has 0 fully saturated rings. The third-order valence-corrected chi connectivity index (χ3v) is 2.78. The molecular formula is C15H16N2O2. The lowest BCUT2D eigenvalue weighted by Gasteiger charge is -1.99. The Bertz CT molecular complexity index is 582. The molecule has 4 nitrogen and oxygen atoms in total. The minimum atomic E-state index is -0.0353. The number of benzene rings is 1. The molecule has 0 spiro atoms. The van der Waals surface area contributed by atoms with Crippen molar-refractivity contribution >= 4 is 11.9 Å². The monoisotopic (exact) mass is 256 g/mol. The van der Waals surface area contributed by atoms with Crippen LogP contribution in [0.15, 0.2) is 42.7 Å². The van der Waals surface area contributed by atoms with Crippen LogP contribution in [0, 0.1) is 0 Å². The Kier molecular flexibility index (Phi) is 4.13. The second-order valence-electron chi connectivity index (χ2n) is 4.06. The molecule has 0 atom stereocenters. The van der Waals surface area contributed by atoms with E-state index in [4.69, 9.17) is 4.74 Å². The number of hydrogen-bond donors (Lipinski definition) is 0. The summed E-state index contributed by atoms with van der Waals surface area (Å²) in [7, 11) is 1.60. The highest BCUT2D eigenvalue weighted by Gasteiger charge is 2.02. The first-order valence-corrected chi connectivity index (χ1v) is 6.12. The molecule has 1 aromatic carbocycles. The van der Waals surface area contributed by atoms with E-state index in [-0.39, 0.29) is 5.78 Å². The summed E-state index contributed by atoms with van der Waals surface area (Å²) in [6.07, 6.45) is 6.96. The number of rotatable bonds is 5. The van der Waals surface area contributed by atoms with Crippen molar-refractivity contribution in [3.8, 4) is 5.75 Å². The minimum absolute atomic E-state index is 0.0353. The van der Waals surface area contributed by atoms with Gasteiger partial charge in [-0.3, -0.25) is 9.48 Å². The molecule has 0 N–H and O–H groups in total. The van der Waals surface area contributed by atoms with E-state index in [9.17, 15) is 4.79 Å². The molecule has 0 saturated heterocycles. The standard InChI is InChI=1S/C15H16N2O2/c1-3-17-11-12(10-16-17)4-9-15(18)13-5-7-14(19-2)8-6-13/h4-11H,3H2,1-2H3/b9-4+. The van der Waals surface area contributed by atoms with Gasteiger partial charge >= 0.3 is 0 Å². The van der Waals surface area contributed by atoms with Crippen LogP contribution in [0.2, 0.25) is 0 Å². The van der Waals surface area contributed by atoms with Crippen LogP contribution in [0.1, 0.15) is 22.8 Å². The lowest BCUT2D eigenvalue weighted by atomic mass is 10.1. The summed E-state index contributed by atoms with van der Waals surface area (Å²) in [4.78, 5) is 11.9. The van der Waals surface area contributed by atoms with Crippen LogP contribution in [0.5, 0.6) is 5.75 Å². The third-order valence-electron chi connectivity index (χ3n) is 2.78. The van der Waals surface area contributed by atoms with Crippen molar-refractivity contribution in [3.05, 3.63) is 53.9 Å². The van der Waals surface area contributed by atoms with Gasteiger partial charge in [-0.15, -0.1) is 0 Å². The van der Waals surface area contributed by atoms with Gasteiger partial charge < -0.3 is 4.74 Å². The fourth-order valence-electron chi connectivity index (χ4n) is 1.66.